The fraction of sp³-hybridized carbons (Fsp3) is 0.643. The van der Waals surface area contributed by atoms with Crippen molar-refractivity contribution in [2.75, 3.05) is 0 Å². The molecule has 0 amide bonds. The molecule has 0 fully saturated rings. The van der Waals surface area contributed by atoms with Gasteiger partial charge in [-0.15, -0.1) is 0 Å². The first kappa shape index (κ1) is 15.2. The maximum Gasteiger partial charge on any atom is 0.346 e. The molecule has 1 aromatic heterocycles. The second-order valence-corrected chi connectivity index (χ2v) is 4.73. The average Bonchev–Trinajstić information content (AvgIpc) is 2.68. The van der Waals surface area contributed by atoms with Crippen molar-refractivity contribution in [3.8, 4) is 6.07 Å². The number of carboxylic acid groups (broad SMARTS) is 1. The van der Waals surface area contributed by atoms with Crippen LogP contribution in [0.15, 0.2) is 6.20 Å². The number of aryl methyl sites for hydroxylation is 1. The molecule has 1 rings (SSSR count). The molecule has 5 nitrogen and oxygen atoms in total. The third kappa shape index (κ3) is 3.57. The number of aliphatic carboxylic acids is 1. The van der Waals surface area contributed by atoms with Crippen LogP contribution in [-0.2, 0) is 24.2 Å². The lowest BCUT2D eigenvalue weighted by Crippen LogP contribution is -2.40. The van der Waals surface area contributed by atoms with Crippen LogP contribution >= 0.6 is 0 Å². The molecule has 1 atom stereocenters. The minimum atomic E-state index is -0.845. The zero-order valence-corrected chi connectivity index (χ0v) is 11.9. The van der Waals surface area contributed by atoms with Gasteiger partial charge in [0.1, 0.15) is 18.0 Å². The highest BCUT2D eigenvalue weighted by Gasteiger charge is 2.26. The standard InChI is InChI=1S/C14H21N3O2/c1-4-6-12-9-16(11(3)8-15)13(7-5-2)17(12)10-14(18)19/h9,11H,4-7,10H2,1-3H3/p+1. The monoisotopic (exact) mass is 264 g/mol. The highest BCUT2D eigenvalue weighted by Crippen LogP contribution is 2.11. The molecule has 0 radical (unpaired) electrons. The van der Waals surface area contributed by atoms with Crippen LogP contribution in [0, 0.1) is 11.3 Å². The van der Waals surface area contributed by atoms with Crippen molar-refractivity contribution >= 4 is 5.97 Å². The van der Waals surface area contributed by atoms with Crippen molar-refractivity contribution in [2.24, 2.45) is 0 Å². The second-order valence-electron chi connectivity index (χ2n) is 4.73. The van der Waals surface area contributed by atoms with Crippen LogP contribution in [0.1, 0.15) is 51.2 Å². The third-order valence-electron chi connectivity index (χ3n) is 3.12. The van der Waals surface area contributed by atoms with Crippen LogP contribution in [0.25, 0.3) is 0 Å². The maximum absolute atomic E-state index is 11.0. The SMILES string of the molecule is CCCc1c[n+](C(C)C#N)c(CCC)n1CC(=O)O. The van der Waals surface area contributed by atoms with Gasteiger partial charge in [0.2, 0.25) is 0 Å². The fourth-order valence-electron chi connectivity index (χ4n) is 2.28. The number of rotatable bonds is 7. The van der Waals surface area contributed by atoms with Crippen LogP contribution in [0.2, 0.25) is 0 Å². The molecule has 0 aliphatic carbocycles. The van der Waals surface area contributed by atoms with Gasteiger partial charge in [-0.3, -0.25) is 0 Å². The van der Waals surface area contributed by atoms with Crippen molar-refractivity contribution in [3.05, 3.63) is 17.7 Å². The molecule has 1 N–H and O–H groups in total. The summed E-state index contributed by atoms with van der Waals surface area (Å²) >= 11 is 0. The topological polar surface area (TPSA) is 69.9 Å². The quantitative estimate of drug-likeness (QED) is 0.764. The first-order valence-electron chi connectivity index (χ1n) is 6.78. The Morgan fingerprint density at radius 3 is 2.58 bits per heavy atom. The van der Waals surface area contributed by atoms with Gasteiger partial charge in [0.05, 0.1) is 0 Å². The van der Waals surface area contributed by atoms with Crippen molar-refractivity contribution in [3.63, 3.8) is 0 Å². The van der Waals surface area contributed by atoms with Gasteiger partial charge in [0, 0.05) is 12.8 Å². The van der Waals surface area contributed by atoms with E-state index in [-0.39, 0.29) is 12.6 Å². The Labute approximate surface area is 114 Å². The molecule has 5 heteroatoms. The number of aromatic nitrogens is 2. The zero-order chi connectivity index (χ0) is 14.4. The van der Waals surface area contributed by atoms with E-state index in [1.807, 2.05) is 22.3 Å². The maximum atomic E-state index is 11.0. The molecule has 104 valence electrons. The first-order chi connectivity index (χ1) is 9.04. The molecule has 19 heavy (non-hydrogen) atoms. The molecular weight excluding hydrogens is 242 g/mol. The molecule has 0 saturated heterocycles. The highest BCUT2D eigenvalue weighted by molar-refractivity contribution is 5.66. The molecule has 0 aliphatic heterocycles. The molecule has 0 aliphatic rings. The number of nitrogens with zero attached hydrogens (tertiary/aromatic N) is 3. The summed E-state index contributed by atoms with van der Waals surface area (Å²) in [5, 5.41) is 18.2. The van der Waals surface area contributed by atoms with Gasteiger partial charge in [0.15, 0.2) is 12.6 Å². The smallest absolute Gasteiger partial charge is 0.346 e. The summed E-state index contributed by atoms with van der Waals surface area (Å²) in [6.45, 7) is 5.92. The summed E-state index contributed by atoms with van der Waals surface area (Å²) in [4.78, 5) is 11.0. The molecule has 0 saturated carbocycles. The first-order valence-corrected chi connectivity index (χ1v) is 6.78. The Hall–Kier alpha value is -1.83. The predicted molar refractivity (Wildman–Crippen MR) is 70.6 cm³/mol. The Morgan fingerprint density at radius 2 is 2.11 bits per heavy atom. The minimum Gasteiger partial charge on any atom is -0.478 e. The van der Waals surface area contributed by atoms with E-state index < -0.39 is 5.97 Å². The largest absolute Gasteiger partial charge is 0.478 e. The van der Waals surface area contributed by atoms with Crippen molar-refractivity contribution in [1.82, 2.24) is 4.57 Å². The molecule has 1 aromatic rings. The van der Waals surface area contributed by atoms with E-state index in [2.05, 4.69) is 19.9 Å². The zero-order valence-electron chi connectivity index (χ0n) is 11.9. The van der Waals surface area contributed by atoms with Crippen LogP contribution in [0.4, 0.5) is 0 Å². The summed E-state index contributed by atoms with van der Waals surface area (Å²) in [7, 11) is 0. The summed E-state index contributed by atoms with van der Waals surface area (Å²) in [6.07, 6.45) is 5.42. The summed E-state index contributed by atoms with van der Waals surface area (Å²) < 4.78 is 3.76. The van der Waals surface area contributed by atoms with Gasteiger partial charge in [0.25, 0.3) is 5.82 Å². The van der Waals surface area contributed by atoms with Gasteiger partial charge in [-0.25, -0.2) is 13.9 Å². The lowest BCUT2D eigenvalue weighted by atomic mass is 10.2. The van der Waals surface area contributed by atoms with Gasteiger partial charge in [-0.2, -0.15) is 5.26 Å². The van der Waals surface area contributed by atoms with Crippen LogP contribution < -0.4 is 4.57 Å². The van der Waals surface area contributed by atoms with E-state index in [1.54, 1.807) is 0 Å². The van der Waals surface area contributed by atoms with E-state index in [1.165, 1.54) is 0 Å². The average molecular weight is 264 g/mol. The van der Waals surface area contributed by atoms with E-state index in [4.69, 9.17) is 10.4 Å². The number of nitriles is 1. The van der Waals surface area contributed by atoms with Crippen LogP contribution in [0.5, 0.6) is 0 Å². The van der Waals surface area contributed by atoms with E-state index in [0.717, 1.165) is 37.2 Å². The Kier molecular flexibility index (Phi) is 5.56. The highest BCUT2D eigenvalue weighted by atomic mass is 16.4. The lowest BCUT2D eigenvalue weighted by molar-refractivity contribution is -0.713. The van der Waals surface area contributed by atoms with E-state index in [0.29, 0.717) is 0 Å². The molecule has 0 bridgehead atoms. The predicted octanol–water partition coefficient (Wildman–Crippen LogP) is 1.85. The number of hydrogen-bond acceptors (Lipinski definition) is 2. The van der Waals surface area contributed by atoms with Crippen molar-refractivity contribution in [1.29, 1.82) is 5.26 Å². The molecule has 1 unspecified atom stereocenters. The summed E-state index contributed by atoms with van der Waals surface area (Å²) in [5.74, 6) is 0.0875. The minimum absolute atomic E-state index is 0.0319. The molecule has 0 aromatic carbocycles. The van der Waals surface area contributed by atoms with Gasteiger partial charge < -0.3 is 5.11 Å². The third-order valence-corrected chi connectivity index (χ3v) is 3.12. The summed E-state index contributed by atoms with van der Waals surface area (Å²) in [6, 6.07) is 1.95. The van der Waals surface area contributed by atoms with Crippen LogP contribution in [0.3, 0.4) is 0 Å². The second kappa shape index (κ2) is 6.93. The Balaban J connectivity index is 3.31. The molecule has 1 heterocycles. The normalized spacial score (nSPS) is 12.1. The van der Waals surface area contributed by atoms with Gasteiger partial charge in [-0.1, -0.05) is 13.8 Å². The van der Waals surface area contributed by atoms with Crippen molar-refractivity contribution in [2.45, 2.75) is 59.0 Å². The fourth-order valence-corrected chi connectivity index (χ4v) is 2.28. The van der Waals surface area contributed by atoms with E-state index >= 15 is 0 Å². The molecule has 0 spiro atoms. The summed E-state index contributed by atoms with van der Waals surface area (Å²) in [5.41, 5.74) is 0.996. The number of carbonyl (C=O) groups is 1. The van der Waals surface area contributed by atoms with Gasteiger partial charge >= 0.3 is 5.97 Å². The number of carboxylic acids is 1. The van der Waals surface area contributed by atoms with Gasteiger partial charge in [-0.05, 0) is 19.8 Å². The van der Waals surface area contributed by atoms with Crippen molar-refractivity contribution < 1.29 is 14.5 Å². The number of hydrogen-bond donors (Lipinski definition) is 1. The lowest BCUT2D eigenvalue weighted by Gasteiger charge is -2.04. The Morgan fingerprint density at radius 1 is 1.47 bits per heavy atom. The molecular formula is C14H22N3O2+. The number of imidazole rings is 1. The Bertz CT molecular complexity index is 486. The van der Waals surface area contributed by atoms with Crippen LogP contribution in [-0.4, -0.2) is 15.6 Å². The van der Waals surface area contributed by atoms with E-state index in [9.17, 15) is 4.79 Å².